The molecule has 0 unspecified atom stereocenters. The zero-order valence-corrected chi connectivity index (χ0v) is 14.2. The van der Waals surface area contributed by atoms with Crippen LogP contribution in [0.2, 0.25) is 0 Å². The second-order valence-corrected chi connectivity index (χ2v) is 5.97. The number of nitrogens with zero attached hydrogens (tertiary/aromatic N) is 2. The van der Waals surface area contributed by atoms with Gasteiger partial charge < -0.3 is 5.32 Å². The molecule has 2 aromatic carbocycles. The summed E-state index contributed by atoms with van der Waals surface area (Å²) in [4.78, 5) is 9.30. The topological polar surface area (TPSA) is 37.8 Å². The van der Waals surface area contributed by atoms with E-state index >= 15 is 0 Å². The van der Waals surface area contributed by atoms with Crippen LogP contribution in [-0.4, -0.2) is 16.5 Å². The van der Waals surface area contributed by atoms with Crippen molar-refractivity contribution in [2.45, 2.75) is 13.8 Å². The summed E-state index contributed by atoms with van der Waals surface area (Å²) in [6, 6.07) is 14.7. The van der Waals surface area contributed by atoms with Crippen molar-refractivity contribution in [3.8, 4) is 11.4 Å². The van der Waals surface area contributed by atoms with Crippen molar-refractivity contribution in [3.63, 3.8) is 0 Å². The number of hydrogen-bond donors (Lipinski definition) is 1. The summed E-state index contributed by atoms with van der Waals surface area (Å²) in [6.07, 6.45) is 0. The minimum atomic E-state index is 0.773. The van der Waals surface area contributed by atoms with Gasteiger partial charge in [0, 0.05) is 12.1 Å². The number of fused-ring (bicyclic) bond motifs is 1. The summed E-state index contributed by atoms with van der Waals surface area (Å²) >= 11 is 2.29. The van der Waals surface area contributed by atoms with E-state index in [0.29, 0.717) is 0 Å². The van der Waals surface area contributed by atoms with Gasteiger partial charge in [-0.1, -0.05) is 36.4 Å². The van der Waals surface area contributed by atoms with Gasteiger partial charge in [0.15, 0.2) is 5.82 Å². The normalized spacial score (nSPS) is 10.8. The van der Waals surface area contributed by atoms with E-state index in [1.807, 2.05) is 6.92 Å². The Kier molecular flexibility index (Phi) is 4.05. The molecule has 0 aliphatic heterocycles. The molecule has 106 valence electrons. The van der Waals surface area contributed by atoms with Crippen LogP contribution < -0.4 is 5.32 Å². The van der Waals surface area contributed by atoms with Crippen LogP contribution in [0.5, 0.6) is 0 Å². The molecule has 0 aliphatic rings. The summed E-state index contributed by atoms with van der Waals surface area (Å²) in [5.41, 5.74) is 2.05. The molecular formula is C17H16IN3. The third-order valence-corrected chi connectivity index (χ3v) is 4.66. The van der Waals surface area contributed by atoms with Crippen LogP contribution in [0.1, 0.15) is 12.6 Å². The maximum absolute atomic E-state index is 4.67. The Bertz CT molecular complexity index is 799. The van der Waals surface area contributed by atoms with Gasteiger partial charge >= 0.3 is 0 Å². The Balaban J connectivity index is 2.13. The molecule has 0 aliphatic carbocycles. The number of aromatic nitrogens is 2. The summed E-state index contributed by atoms with van der Waals surface area (Å²) in [5.74, 6) is 1.68. The standard InChI is InChI=1S/C17H16IN3/c1-3-19-17-15(18)11(2)20-16(21-17)14-9-8-12-6-4-5-7-13(12)10-14/h4-10H,3H2,1-2H3,(H,19,20,21). The Morgan fingerprint density at radius 2 is 1.81 bits per heavy atom. The Hall–Kier alpha value is -1.69. The molecule has 0 radical (unpaired) electrons. The van der Waals surface area contributed by atoms with Gasteiger partial charge in [-0.2, -0.15) is 0 Å². The van der Waals surface area contributed by atoms with Crippen LogP contribution in [0, 0.1) is 10.5 Å². The van der Waals surface area contributed by atoms with Crippen molar-refractivity contribution in [3.05, 3.63) is 51.7 Å². The lowest BCUT2D eigenvalue weighted by atomic mass is 10.1. The highest BCUT2D eigenvalue weighted by Crippen LogP contribution is 2.26. The minimum Gasteiger partial charge on any atom is -0.369 e. The van der Waals surface area contributed by atoms with E-state index < -0.39 is 0 Å². The molecule has 3 nitrogen and oxygen atoms in total. The van der Waals surface area contributed by atoms with Gasteiger partial charge in [-0.25, -0.2) is 9.97 Å². The van der Waals surface area contributed by atoms with Gasteiger partial charge in [-0.05, 0) is 53.3 Å². The van der Waals surface area contributed by atoms with Gasteiger partial charge in [-0.15, -0.1) is 0 Å². The molecule has 0 amide bonds. The highest BCUT2D eigenvalue weighted by molar-refractivity contribution is 14.1. The SMILES string of the molecule is CCNc1nc(-c2ccc3ccccc3c2)nc(C)c1I. The summed E-state index contributed by atoms with van der Waals surface area (Å²) in [5, 5.41) is 5.75. The zero-order chi connectivity index (χ0) is 14.8. The van der Waals surface area contributed by atoms with Crippen molar-refractivity contribution < 1.29 is 0 Å². The summed E-state index contributed by atoms with van der Waals surface area (Å²) in [6.45, 7) is 4.95. The first-order valence-corrected chi connectivity index (χ1v) is 8.04. The monoisotopic (exact) mass is 389 g/mol. The third-order valence-electron chi connectivity index (χ3n) is 3.37. The maximum Gasteiger partial charge on any atom is 0.161 e. The molecule has 4 heteroatoms. The van der Waals surface area contributed by atoms with Gasteiger partial charge in [-0.3, -0.25) is 0 Å². The van der Waals surface area contributed by atoms with Gasteiger partial charge in [0.2, 0.25) is 0 Å². The second kappa shape index (κ2) is 5.97. The minimum absolute atomic E-state index is 0.773. The van der Waals surface area contributed by atoms with Gasteiger partial charge in [0.05, 0.1) is 9.26 Å². The largest absolute Gasteiger partial charge is 0.369 e. The number of aryl methyl sites for hydroxylation is 1. The molecule has 0 saturated heterocycles. The van der Waals surface area contributed by atoms with E-state index in [2.05, 4.69) is 87.3 Å². The fraction of sp³-hybridized carbons (Fsp3) is 0.176. The molecule has 0 spiro atoms. The van der Waals surface area contributed by atoms with Crippen molar-refractivity contribution in [1.82, 2.24) is 9.97 Å². The molecule has 0 atom stereocenters. The highest BCUT2D eigenvalue weighted by atomic mass is 127. The quantitative estimate of drug-likeness (QED) is 0.664. The van der Waals surface area contributed by atoms with Crippen LogP contribution in [-0.2, 0) is 0 Å². The van der Waals surface area contributed by atoms with Crippen LogP contribution in [0.3, 0.4) is 0 Å². The van der Waals surface area contributed by atoms with E-state index in [1.54, 1.807) is 0 Å². The number of nitrogens with one attached hydrogen (secondary N) is 1. The smallest absolute Gasteiger partial charge is 0.161 e. The van der Waals surface area contributed by atoms with Crippen LogP contribution >= 0.6 is 22.6 Å². The molecule has 21 heavy (non-hydrogen) atoms. The molecule has 0 saturated carbocycles. The molecule has 1 N–H and O–H groups in total. The van der Waals surface area contributed by atoms with E-state index in [0.717, 1.165) is 33.0 Å². The lowest BCUT2D eigenvalue weighted by molar-refractivity contribution is 1.06. The van der Waals surface area contributed by atoms with Crippen molar-refractivity contribution in [2.75, 3.05) is 11.9 Å². The molecule has 1 heterocycles. The number of halogens is 1. The van der Waals surface area contributed by atoms with E-state index in [9.17, 15) is 0 Å². The zero-order valence-electron chi connectivity index (χ0n) is 12.0. The summed E-state index contributed by atoms with van der Waals surface area (Å²) < 4.78 is 1.08. The lowest BCUT2D eigenvalue weighted by Gasteiger charge is -2.10. The van der Waals surface area contributed by atoms with Crippen LogP contribution in [0.15, 0.2) is 42.5 Å². The number of hydrogen-bond acceptors (Lipinski definition) is 3. The predicted molar refractivity (Wildman–Crippen MR) is 96.6 cm³/mol. The average molecular weight is 389 g/mol. The van der Waals surface area contributed by atoms with Crippen LogP contribution in [0.25, 0.3) is 22.2 Å². The van der Waals surface area contributed by atoms with Gasteiger partial charge in [0.25, 0.3) is 0 Å². The van der Waals surface area contributed by atoms with Crippen LogP contribution in [0.4, 0.5) is 5.82 Å². The second-order valence-electron chi connectivity index (χ2n) is 4.89. The third kappa shape index (κ3) is 2.85. The first kappa shape index (κ1) is 14.3. The van der Waals surface area contributed by atoms with E-state index in [-0.39, 0.29) is 0 Å². The van der Waals surface area contributed by atoms with Crippen molar-refractivity contribution in [2.24, 2.45) is 0 Å². The summed E-state index contributed by atoms with van der Waals surface area (Å²) in [7, 11) is 0. The van der Waals surface area contributed by atoms with E-state index in [4.69, 9.17) is 0 Å². The van der Waals surface area contributed by atoms with Crippen molar-refractivity contribution in [1.29, 1.82) is 0 Å². The van der Waals surface area contributed by atoms with E-state index in [1.165, 1.54) is 10.8 Å². The number of benzene rings is 2. The average Bonchev–Trinajstić information content (AvgIpc) is 2.51. The van der Waals surface area contributed by atoms with Gasteiger partial charge in [0.1, 0.15) is 5.82 Å². The molecule has 3 rings (SSSR count). The van der Waals surface area contributed by atoms with Crippen molar-refractivity contribution >= 4 is 39.2 Å². The number of rotatable bonds is 3. The Morgan fingerprint density at radius 1 is 1.05 bits per heavy atom. The fourth-order valence-electron chi connectivity index (χ4n) is 2.30. The molecule has 3 aromatic rings. The Labute approximate surface area is 138 Å². The maximum atomic E-state index is 4.67. The first-order chi connectivity index (χ1) is 10.2. The predicted octanol–water partition coefficient (Wildman–Crippen LogP) is 4.64. The molecule has 0 fully saturated rings. The lowest BCUT2D eigenvalue weighted by Crippen LogP contribution is -2.06. The number of anilines is 1. The highest BCUT2D eigenvalue weighted by Gasteiger charge is 2.10. The molecule has 1 aromatic heterocycles. The fourth-order valence-corrected chi connectivity index (χ4v) is 2.73. The molecule has 0 bridgehead atoms. The first-order valence-electron chi connectivity index (χ1n) is 6.96. The Morgan fingerprint density at radius 3 is 2.57 bits per heavy atom. The molecular weight excluding hydrogens is 373 g/mol.